The number of amides is 1. The number of rotatable bonds is 0. The average molecular weight is 505 g/mol. The quantitative estimate of drug-likeness (QED) is 0.485. The van der Waals surface area contributed by atoms with E-state index < -0.39 is 10.0 Å². The summed E-state index contributed by atoms with van der Waals surface area (Å²) in [6.07, 6.45) is 13.0. The largest absolute Gasteiger partial charge is 0.450 e. The molecule has 0 aromatic carbocycles. The zero-order valence-corrected chi connectivity index (χ0v) is 21.1. The van der Waals surface area contributed by atoms with Crippen molar-refractivity contribution in [3.05, 3.63) is 36.3 Å². The SMILES string of the molecule is C[C@H]1CCCOC(=O)NCCCCCCCCCNS(=O)(=O)c2ccc(nc2)Nc2ncc1cn2. The Hall–Kier alpha value is -2.79. The van der Waals surface area contributed by atoms with Gasteiger partial charge in [-0.15, -0.1) is 0 Å². The number of aromatic nitrogens is 3. The standard InChI is InChI=1S/C24H36N6O4S/c1-19-10-9-15-34-24(31)25-13-7-5-3-2-4-6-8-14-29-35(32,33)21-11-12-22(26-18-21)30-23-27-16-20(19)17-28-23/h11-12,16-19,29H,2-10,13-15H2,1H3,(H,25,31)(H,26,27,28,30)/t19-/m0/s1. The van der Waals surface area contributed by atoms with E-state index in [4.69, 9.17) is 4.74 Å². The maximum Gasteiger partial charge on any atom is 0.407 e. The fraction of sp³-hybridized carbons (Fsp3) is 0.583. The minimum Gasteiger partial charge on any atom is -0.450 e. The highest BCUT2D eigenvalue weighted by atomic mass is 32.2. The second-order valence-corrected chi connectivity index (χ2v) is 10.6. The van der Waals surface area contributed by atoms with Gasteiger partial charge in [0, 0.05) is 31.7 Å². The third-order valence-corrected chi connectivity index (χ3v) is 7.40. The number of fused-ring (bicyclic) bond motifs is 2. The first kappa shape index (κ1) is 26.8. The van der Waals surface area contributed by atoms with Crippen molar-refractivity contribution < 1.29 is 17.9 Å². The Morgan fingerprint density at radius 2 is 1.57 bits per heavy atom. The van der Waals surface area contributed by atoms with E-state index in [0.29, 0.717) is 31.5 Å². The van der Waals surface area contributed by atoms with E-state index in [0.717, 1.165) is 63.4 Å². The molecule has 1 atom stereocenters. The highest BCUT2D eigenvalue weighted by Gasteiger charge is 2.14. The first-order chi connectivity index (χ1) is 16.9. The van der Waals surface area contributed by atoms with Crippen LogP contribution in [0.4, 0.5) is 16.6 Å². The molecule has 4 bridgehead atoms. The van der Waals surface area contributed by atoms with Crippen molar-refractivity contribution >= 4 is 27.9 Å². The zero-order chi connectivity index (χ0) is 24.9. The lowest BCUT2D eigenvalue weighted by molar-refractivity contribution is 0.143. The van der Waals surface area contributed by atoms with Crippen LogP contribution in [-0.4, -0.2) is 49.2 Å². The molecule has 3 N–H and O–H groups in total. The predicted molar refractivity (Wildman–Crippen MR) is 134 cm³/mol. The maximum absolute atomic E-state index is 12.5. The molecule has 0 aliphatic carbocycles. The van der Waals surface area contributed by atoms with Gasteiger partial charge in [-0.2, -0.15) is 0 Å². The topological polar surface area (TPSA) is 135 Å². The van der Waals surface area contributed by atoms with Gasteiger partial charge in [-0.05, 0) is 49.3 Å². The van der Waals surface area contributed by atoms with E-state index in [-0.39, 0.29) is 16.9 Å². The van der Waals surface area contributed by atoms with Crippen LogP contribution in [0.15, 0.2) is 35.6 Å². The van der Waals surface area contributed by atoms with Gasteiger partial charge in [0.1, 0.15) is 10.7 Å². The molecule has 10 nitrogen and oxygen atoms in total. The van der Waals surface area contributed by atoms with E-state index in [9.17, 15) is 13.2 Å². The number of nitrogens with one attached hydrogen (secondary N) is 3. The smallest absolute Gasteiger partial charge is 0.407 e. The van der Waals surface area contributed by atoms with E-state index in [1.807, 2.05) is 0 Å². The minimum atomic E-state index is -3.60. The molecule has 2 aromatic rings. The third-order valence-electron chi connectivity index (χ3n) is 5.96. The molecule has 35 heavy (non-hydrogen) atoms. The molecule has 0 saturated heterocycles. The maximum atomic E-state index is 12.5. The molecule has 3 aliphatic rings. The number of ether oxygens (including phenoxy) is 1. The summed E-state index contributed by atoms with van der Waals surface area (Å²) in [6, 6.07) is 3.11. The van der Waals surface area contributed by atoms with Crippen molar-refractivity contribution in [2.75, 3.05) is 25.0 Å². The van der Waals surface area contributed by atoms with E-state index in [1.54, 1.807) is 18.5 Å². The summed E-state index contributed by atoms with van der Waals surface area (Å²) in [5.74, 6) is 1.05. The van der Waals surface area contributed by atoms with Crippen molar-refractivity contribution in [3.63, 3.8) is 0 Å². The fourth-order valence-corrected chi connectivity index (χ4v) is 4.79. The highest BCUT2D eigenvalue weighted by molar-refractivity contribution is 7.89. The zero-order valence-electron chi connectivity index (χ0n) is 20.3. The molecule has 5 rings (SSSR count). The lowest BCUT2D eigenvalue weighted by atomic mass is 9.99. The van der Waals surface area contributed by atoms with Gasteiger partial charge in [-0.3, -0.25) is 0 Å². The molecule has 0 saturated carbocycles. The van der Waals surface area contributed by atoms with Gasteiger partial charge in [-0.25, -0.2) is 32.9 Å². The van der Waals surface area contributed by atoms with E-state index in [2.05, 4.69) is 37.2 Å². The summed E-state index contributed by atoms with van der Waals surface area (Å²) in [5.41, 5.74) is 0.984. The molecular formula is C24H36N6O4S. The van der Waals surface area contributed by atoms with E-state index in [1.165, 1.54) is 12.3 Å². The molecule has 192 valence electrons. The number of pyridine rings is 1. The monoisotopic (exact) mass is 504 g/mol. The van der Waals surface area contributed by atoms with Gasteiger partial charge in [0.25, 0.3) is 0 Å². The summed E-state index contributed by atoms with van der Waals surface area (Å²) in [5, 5.41) is 5.79. The first-order valence-electron chi connectivity index (χ1n) is 12.4. The normalized spacial score (nSPS) is 21.3. The van der Waals surface area contributed by atoms with Crippen molar-refractivity contribution in [3.8, 4) is 0 Å². The summed E-state index contributed by atoms with van der Waals surface area (Å²) in [4.78, 5) is 24.8. The Labute approximate surface area is 207 Å². The summed E-state index contributed by atoms with van der Waals surface area (Å²) in [6.45, 7) is 3.47. The first-order valence-corrected chi connectivity index (χ1v) is 13.9. The van der Waals surface area contributed by atoms with Gasteiger partial charge >= 0.3 is 6.09 Å². The Kier molecular flexibility index (Phi) is 10.7. The average Bonchev–Trinajstić information content (AvgIpc) is 2.85. The number of carbonyl (C=O) groups is 1. The minimum absolute atomic E-state index is 0.126. The molecule has 0 unspecified atom stereocenters. The van der Waals surface area contributed by atoms with Crippen LogP contribution in [0.1, 0.15) is 76.2 Å². The lowest BCUT2D eigenvalue weighted by Crippen LogP contribution is -2.25. The summed E-state index contributed by atoms with van der Waals surface area (Å²) >= 11 is 0. The van der Waals surface area contributed by atoms with Crippen LogP contribution in [0, 0.1) is 0 Å². The van der Waals surface area contributed by atoms with Crippen molar-refractivity contribution in [1.29, 1.82) is 0 Å². The summed E-state index contributed by atoms with van der Waals surface area (Å²) < 4.78 is 32.9. The Bertz CT molecular complexity index is 1020. The van der Waals surface area contributed by atoms with Crippen LogP contribution in [0.3, 0.4) is 0 Å². The van der Waals surface area contributed by atoms with Crippen molar-refractivity contribution in [1.82, 2.24) is 25.0 Å². The van der Waals surface area contributed by atoms with Crippen LogP contribution < -0.4 is 15.4 Å². The number of sulfonamides is 1. The molecule has 0 spiro atoms. The van der Waals surface area contributed by atoms with Gasteiger partial charge in [0.15, 0.2) is 0 Å². The Balaban J connectivity index is 1.60. The number of hydrogen-bond donors (Lipinski definition) is 3. The van der Waals surface area contributed by atoms with Crippen molar-refractivity contribution in [2.24, 2.45) is 0 Å². The molecular weight excluding hydrogens is 468 g/mol. The molecule has 3 aliphatic heterocycles. The predicted octanol–water partition coefficient (Wildman–Crippen LogP) is 4.25. The summed E-state index contributed by atoms with van der Waals surface area (Å²) in [7, 11) is -3.60. The molecule has 2 aromatic heterocycles. The van der Waals surface area contributed by atoms with Crippen LogP contribution in [0.2, 0.25) is 0 Å². The number of hydrogen-bond acceptors (Lipinski definition) is 8. The van der Waals surface area contributed by atoms with Crippen LogP contribution in [0.5, 0.6) is 0 Å². The molecule has 0 radical (unpaired) electrons. The second kappa shape index (κ2) is 13.9. The van der Waals surface area contributed by atoms with Crippen molar-refractivity contribution in [2.45, 2.75) is 75.5 Å². The lowest BCUT2D eigenvalue weighted by Gasteiger charge is -2.12. The van der Waals surface area contributed by atoms with Gasteiger partial charge in [0.2, 0.25) is 16.0 Å². The van der Waals surface area contributed by atoms with E-state index >= 15 is 0 Å². The Morgan fingerprint density at radius 1 is 0.886 bits per heavy atom. The highest BCUT2D eigenvalue weighted by Crippen LogP contribution is 2.20. The third kappa shape index (κ3) is 9.41. The van der Waals surface area contributed by atoms with Gasteiger partial charge in [0.05, 0.1) is 6.61 Å². The Morgan fingerprint density at radius 3 is 2.26 bits per heavy atom. The number of nitrogens with zero attached hydrogens (tertiary/aromatic N) is 3. The van der Waals surface area contributed by atoms with Gasteiger partial charge < -0.3 is 15.4 Å². The van der Waals surface area contributed by atoms with Crippen LogP contribution in [0.25, 0.3) is 0 Å². The number of alkyl carbamates (subject to hydrolysis) is 1. The van der Waals surface area contributed by atoms with Crippen LogP contribution in [-0.2, 0) is 14.8 Å². The number of anilines is 2. The molecule has 1 amide bonds. The molecule has 5 heterocycles. The van der Waals surface area contributed by atoms with Gasteiger partial charge in [-0.1, -0.05) is 39.0 Å². The van der Waals surface area contributed by atoms with Crippen LogP contribution >= 0.6 is 0 Å². The molecule has 0 fully saturated rings. The fourth-order valence-electron chi connectivity index (χ4n) is 3.77. The molecule has 11 heteroatoms. The number of carbonyl (C=O) groups excluding carboxylic acids is 1. The second-order valence-electron chi connectivity index (χ2n) is 8.82.